The SMILES string of the molecule is COC(=O)C12CCC(C(=O)c3ccccc3)(CC1)CC2. The van der Waals surface area contributed by atoms with E-state index >= 15 is 0 Å². The highest BCUT2D eigenvalue weighted by Gasteiger charge is 2.55. The molecule has 3 aliphatic rings. The number of hydrogen-bond donors (Lipinski definition) is 0. The molecule has 0 amide bonds. The first kappa shape index (κ1) is 13.3. The number of rotatable bonds is 3. The monoisotopic (exact) mass is 272 g/mol. The molecule has 106 valence electrons. The molecule has 2 bridgehead atoms. The Kier molecular flexibility index (Phi) is 3.15. The Hall–Kier alpha value is -1.64. The normalized spacial score (nSPS) is 31.9. The molecule has 4 rings (SSSR count). The van der Waals surface area contributed by atoms with Crippen molar-refractivity contribution < 1.29 is 14.3 Å². The third kappa shape index (κ3) is 1.88. The zero-order chi connectivity index (χ0) is 14.2. The predicted molar refractivity (Wildman–Crippen MR) is 75.4 cm³/mol. The van der Waals surface area contributed by atoms with Crippen molar-refractivity contribution in [1.82, 2.24) is 0 Å². The Morgan fingerprint density at radius 1 is 0.900 bits per heavy atom. The number of benzene rings is 1. The molecular weight excluding hydrogens is 252 g/mol. The molecule has 0 aliphatic heterocycles. The average Bonchev–Trinajstić information content (AvgIpc) is 2.55. The number of carbonyl (C=O) groups is 2. The molecule has 0 aromatic heterocycles. The van der Waals surface area contributed by atoms with E-state index in [1.807, 2.05) is 30.3 Å². The van der Waals surface area contributed by atoms with Crippen LogP contribution in [-0.2, 0) is 9.53 Å². The summed E-state index contributed by atoms with van der Waals surface area (Å²) in [4.78, 5) is 24.8. The summed E-state index contributed by atoms with van der Waals surface area (Å²) in [6.45, 7) is 0. The summed E-state index contributed by atoms with van der Waals surface area (Å²) in [5, 5.41) is 0. The Morgan fingerprint density at radius 3 is 1.90 bits per heavy atom. The molecule has 0 heterocycles. The quantitative estimate of drug-likeness (QED) is 0.626. The van der Waals surface area contributed by atoms with Gasteiger partial charge < -0.3 is 4.74 Å². The number of fused-ring (bicyclic) bond motifs is 3. The fourth-order valence-electron chi connectivity index (χ4n) is 3.94. The lowest BCUT2D eigenvalue weighted by atomic mass is 9.52. The maximum atomic E-state index is 12.8. The largest absolute Gasteiger partial charge is 0.469 e. The highest BCUT2D eigenvalue weighted by Crippen LogP contribution is 2.58. The van der Waals surface area contributed by atoms with Gasteiger partial charge in [-0.05, 0) is 38.5 Å². The lowest BCUT2D eigenvalue weighted by Gasteiger charge is -2.50. The molecule has 0 N–H and O–H groups in total. The number of esters is 1. The lowest BCUT2D eigenvalue weighted by Crippen LogP contribution is -2.49. The van der Waals surface area contributed by atoms with Crippen molar-refractivity contribution >= 4 is 11.8 Å². The first-order valence-electron chi connectivity index (χ1n) is 7.30. The summed E-state index contributed by atoms with van der Waals surface area (Å²) >= 11 is 0. The first-order chi connectivity index (χ1) is 9.62. The van der Waals surface area contributed by atoms with Crippen LogP contribution in [0.2, 0.25) is 0 Å². The molecule has 3 heteroatoms. The van der Waals surface area contributed by atoms with Crippen LogP contribution in [0.1, 0.15) is 48.9 Å². The third-order valence-electron chi connectivity index (χ3n) is 5.38. The Morgan fingerprint density at radius 2 is 1.40 bits per heavy atom. The van der Waals surface area contributed by atoms with Crippen molar-refractivity contribution in [2.45, 2.75) is 38.5 Å². The second-order valence-electron chi connectivity index (χ2n) is 6.25. The number of methoxy groups -OCH3 is 1. The molecule has 1 aromatic carbocycles. The minimum Gasteiger partial charge on any atom is -0.469 e. The molecule has 0 atom stereocenters. The van der Waals surface area contributed by atoms with Gasteiger partial charge in [-0.2, -0.15) is 0 Å². The zero-order valence-corrected chi connectivity index (χ0v) is 11.9. The first-order valence-corrected chi connectivity index (χ1v) is 7.30. The van der Waals surface area contributed by atoms with Crippen molar-refractivity contribution in [2.24, 2.45) is 10.8 Å². The summed E-state index contributed by atoms with van der Waals surface area (Å²) in [5.74, 6) is 0.175. The van der Waals surface area contributed by atoms with Crippen LogP contribution in [0.5, 0.6) is 0 Å². The molecule has 3 aliphatic carbocycles. The molecular formula is C17H20O3. The number of hydrogen-bond acceptors (Lipinski definition) is 3. The van der Waals surface area contributed by atoms with Gasteiger partial charge in [0.15, 0.2) is 5.78 Å². The smallest absolute Gasteiger partial charge is 0.311 e. The molecule has 3 saturated carbocycles. The van der Waals surface area contributed by atoms with Gasteiger partial charge in [-0.25, -0.2) is 0 Å². The predicted octanol–water partition coefficient (Wildman–Crippen LogP) is 3.38. The average molecular weight is 272 g/mol. The minimum absolute atomic E-state index is 0.0852. The Bertz CT molecular complexity index is 508. The molecule has 3 nitrogen and oxygen atoms in total. The molecule has 0 radical (unpaired) electrons. The van der Waals surface area contributed by atoms with Gasteiger partial charge in [-0.15, -0.1) is 0 Å². The zero-order valence-electron chi connectivity index (χ0n) is 11.9. The van der Waals surface area contributed by atoms with Crippen molar-refractivity contribution in [3.05, 3.63) is 35.9 Å². The van der Waals surface area contributed by atoms with Crippen molar-refractivity contribution in [3.63, 3.8) is 0 Å². The van der Waals surface area contributed by atoms with E-state index in [4.69, 9.17) is 4.74 Å². The standard InChI is InChI=1S/C17H20O3/c1-20-15(19)17-10-7-16(8-11-17,9-12-17)14(18)13-5-3-2-4-6-13/h2-6H,7-12H2,1H3. The topological polar surface area (TPSA) is 43.4 Å². The van der Waals surface area contributed by atoms with Gasteiger partial charge in [0.25, 0.3) is 0 Å². The van der Waals surface area contributed by atoms with Gasteiger partial charge in [0.1, 0.15) is 0 Å². The molecule has 1 aromatic rings. The highest BCUT2D eigenvalue weighted by atomic mass is 16.5. The van der Waals surface area contributed by atoms with E-state index in [2.05, 4.69) is 0 Å². The van der Waals surface area contributed by atoms with Crippen LogP contribution in [0.25, 0.3) is 0 Å². The fourth-order valence-corrected chi connectivity index (χ4v) is 3.94. The maximum Gasteiger partial charge on any atom is 0.311 e. The molecule has 0 spiro atoms. The van der Waals surface area contributed by atoms with Crippen molar-refractivity contribution in [3.8, 4) is 0 Å². The third-order valence-corrected chi connectivity index (χ3v) is 5.38. The summed E-state index contributed by atoms with van der Waals surface area (Å²) < 4.78 is 4.96. The second-order valence-corrected chi connectivity index (χ2v) is 6.25. The number of ether oxygens (including phenoxy) is 1. The van der Waals surface area contributed by atoms with Crippen LogP contribution >= 0.6 is 0 Å². The van der Waals surface area contributed by atoms with Gasteiger partial charge in [-0.1, -0.05) is 30.3 Å². The van der Waals surface area contributed by atoms with Crippen LogP contribution in [-0.4, -0.2) is 18.9 Å². The van der Waals surface area contributed by atoms with Crippen molar-refractivity contribution in [1.29, 1.82) is 0 Å². The van der Waals surface area contributed by atoms with E-state index in [-0.39, 0.29) is 22.6 Å². The minimum atomic E-state index is -0.312. The summed E-state index contributed by atoms with van der Waals surface area (Å²) in [5.41, 5.74) is 0.255. The fraction of sp³-hybridized carbons (Fsp3) is 0.529. The van der Waals surface area contributed by atoms with Crippen LogP contribution in [0.3, 0.4) is 0 Å². The van der Waals surface area contributed by atoms with E-state index in [0.29, 0.717) is 0 Å². The summed E-state index contributed by atoms with van der Waals surface area (Å²) in [7, 11) is 1.46. The van der Waals surface area contributed by atoms with E-state index in [1.54, 1.807) is 0 Å². The van der Waals surface area contributed by atoms with E-state index in [1.165, 1.54) is 7.11 Å². The molecule has 0 saturated heterocycles. The van der Waals surface area contributed by atoms with Gasteiger partial charge in [-0.3, -0.25) is 9.59 Å². The lowest BCUT2D eigenvalue weighted by molar-refractivity contribution is -0.161. The summed E-state index contributed by atoms with van der Waals surface area (Å²) in [6, 6.07) is 9.54. The van der Waals surface area contributed by atoms with Crippen LogP contribution in [0.15, 0.2) is 30.3 Å². The van der Waals surface area contributed by atoms with Crippen LogP contribution in [0.4, 0.5) is 0 Å². The van der Waals surface area contributed by atoms with Gasteiger partial charge >= 0.3 is 5.97 Å². The summed E-state index contributed by atoms with van der Waals surface area (Å²) in [6.07, 6.45) is 4.82. The van der Waals surface area contributed by atoms with E-state index in [9.17, 15) is 9.59 Å². The second kappa shape index (κ2) is 4.72. The molecule has 20 heavy (non-hydrogen) atoms. The highest BCUT2D eigenvalue weighted by molar-refractivity contribution is 6.01. The Labute approximate surface area is 119 Å². The van der Waals surface area contributed by atoms with E-state index in [0.717, 1.165) is 44.1 Å². The van der Waals surface area contributed by atoms with Crippen LogP contribution < -0.4 is 0 Å². The van der Waals surface area contributed by atoms with Crippen molar-refractivity contribution in [2.75, 3.05) is 7.11 Å². The number of Topliss-reactive ketones (excluding diaryl/α,β-unsaturated/α-hetero) is 1. The van der Waals surface area contributed by atoms with Gasteiger partial charge in [0.2, 0.25) is 0 Å². The number of carbonyl (C=O) groups excluding carboxylic acids is 2. The Balaban J connectivity index is 1.82. The van der Waals surface area contributed by atoms with Gasteiger partial charge in [0.05, 0.1) is 12.5 Å². The van der Waals surface area contributed by atoms with Gasteiger partial charge in [0, 0.05) is 11.0 Å². The molecule has 0 unspecified atom stereocenters. The maximum absolute atomic E-state index is 12.8. The van der Waals surface area contributed by atoms with Crippen LogP contribution in [0, 0.1) is 10.8 Å². The number of ketones is 1. The molecule has 3 fully saturated rings. The van der Waals surface area contributed by atoms with E-state index < -0.39 is 0 Å².